The van der Waals surface area contributed by atoms with Crippen LogP contribution < -0.4 is 15.0 Å². The molecule has 1 atom stereocenters. The van der Waals surface area contributed by atoms with Crippen molar-refractivity contribution in [2.24, 2.45) is 5.92 Å². The van der Waals surface area contributed by atoms with Gasteiger partial charge < -0.3 is 15.0 Å². The van der Waals surface area contributed by atoms with E-state index in [2.05, 4.69) is 15.5 Å². The highest BCUT2D eigenvalue weighted by Gasteiger charge is 2.35. The summed E-state index contributed by atoms with van der Waals surface area (Å²) in [5.41, 5.74) is 0.581. The molecular weight excluding hydrogens is 419 g/mol. The Morgan fingerprint density at radius 1 is 1.16 bits per heavy atom. The monoisotopic (exact) mass is 440 g/mol. The van der Waals surface area contributed by atoms with Crippen LogP contribution in [0, 0.1) is 11.7 Å². The van der Waals surface area contributed by atoms with Crippen molar-refractivity contribution >= 4 is 34.0 Å². The van der Waals surface area contributed by atoms with Gasteiger partial charge in [0.05, 0.1) is 12.5 Å². The third kappa shape index (κ3) is 5.43. The molecule has 3 aromatic rings. The molecule has 1 aliphatic rings. The number of rotatable bonds is 8. The van der Waals surface area contributed by atoms with Crippen LogP contribution in [0.15, 0.2) is 54.6 Å². The van der Waals surface area contributed by atoms with E-state index < -0.39 is 5.92 Å². The van der Waals surface area contributed by atoms with Gasteiger partial charge in [-0.25, -0.2) is 4.39 Å². The van der Waals surface area contributed by atoms with Crippen LogP contribution in [0.1, 0.15) is 17.8 Å². The van der Waals surface area contributed by atoms with Crippen LogP contribution in [0.4, 0.5) is 15.2 Å². The predicted octanol–water partition coefficient (Wildman–Crippen LogP) is 3.68. The van der Waals surface area contributed by atoms with Gasteiger partial charge in [0.25, 0.3) is 0 Å². The maximum Gasteiger partial charge on any atom is 0.231 e. The topological polar surface area (TPSA) is 84.4 Å². The quantitative estimate of drug-likeness (QED) is 0.540. The molecule has 1 N–H and O–H groups in total. The predicted molar refractivity (Wildman–Crippen MR) is 116 cm³/mol. The molecule has 0 aliphatic carbocycles. The van der Waals surface area contributed by atoms with E-state index >= 15 is 0 Å². The van der Waals surface area contributed by atoms with Crippen molar-refractivity contribution in [3.63, 3.8) is 0 Å². The maximum atomic E-state index is 13.1. The smallest absolute Gasteiger partial charge is 0.231 e. The van der Waals surface area contributed by atoms with Crippen LogP contribution in [0.3, 0.4) is 0 Å². The molecule has 1 unspecified atom stereocenters. The molecule has 2 heterocycles. The van der Waals surface area contributed by atoms with Gasteiger partial charge in [0.15, 0.2) is 0 Å². The van der Waals surface area contributed by atoms with Gasteiger partial charge in [-0.3, -0.25) is 9.59 Å². The first-order valence-electron chi connectivity index (χ1n) is 9.95. The second kappa shape index (κ2) is 9.65. The van der Waals surface area contributed by atoms with E-state index in [0.717, 1.165) is 17.2 Å². The molecule has 0 bridgehead atoms. The van der Waals surface area contributed by atoms with Crippen molar-refractivity contribution in [2.45, 2.75) is 19.3 Å². The highest BCUT2D eigenvalue weighted by molar-refractivity contribution is 7.15. The first-order valence-corrected chi connectivity index (χ1v) is 10.8. The summed E-state index contributed by atoms with van der Waals surface area (Å²) >= 11 is 1.32. The number of carbonyl (C=O) groups excluding carboxylic acids is 2. The van der Waals surface area contributed by atoms with Gasteiger partial charge in [-0.15, -0.1) is 10.2 Å². The molecule has 2 aromatic carbocycles. The molecule has 1 fully saturated rings. The SMILES string of the molecule is O=C(Nc1nnc(CCCOc2ccccc2)s1)C1CC(=O)N(c2ccc(F)cc2)C1. The Morgan fingerprint density at radius 3 is 2.71 bits per heavy atom. The molecule has 7 nitrogen and oxygen atoms in total. The highest BCUT2D eigenvalue weighted by atomic mass is 32.1. The lowest BCUT2D eigenvalue weighted by molar-refractivity contribution is -0.122. The molecular formula is C22H21FN4O3S. The van der Waals surface area contributed by atoms with Crippen LogP contribution in [-0.4, -0.2) is 35.2 Å². The number of ether oxygens (including phenoxy) is 1. The van der Waals surface area contributed by atoms with Gasteiger partial charge in [-0.05, 0) is 42.8 Å². The van der Waals surface area contributed by atoms with Gasteiger partial charge in [0, 0.05) is 25.1 Å². The summed E-state index contributed by atoms with van der Waals surface area (Å²) in [4.78, 5) is 26.4. The first kappa shape index (κ1) is 20.9. The number of amides is 2. The van der Waals surface area contributed by atoms with E-state index in [1.54, 1.807) is 0 Å². The maximum absolute atomic E-state index is 13.1. The van der Waals surface area contributed by atoms with Gasteiger partial charge in [0.1, 0.15) is 16.6 Å². The van der Waals surface area contributed by atoms with E-state index in [-0.39, 0.29) is 30.6 Å². The van der Waals surface area contributed by atoms with Crippen LogP contribution >= 0.6 is 11.3 Å². The van der Waals surface area contributed by atoms with Crippen LogP contribution in [0.5, 0.6) is 5.75 Å². The van der Waals surface area contributed by atoms with Gasteiger partial charge >= 0.3 is 0 Å². The number of nitrogens with one attached hydrogen (secondary N) is 1. The Balaban J connectivity index is 1.25. The molecule has 2 amide bonds. The minimum Gasteiger partial charge on any atom is -0.494 e. The summed E-state index contributed by atoms with van der Waals surface area (Å²) in [7, 11) is 0. The molecule has 160 valence electrons. The Morgan fingerprint density at radius 2 is 1.94 bits per heavy atom. The number of halogens is 1. The molecule has 0 saturated carbocycles. The lowest BCUT2D eigenvalue weighted by Gasteiger charge is -2.16. The zero-order valence-electron chi connectivity index (χ0n) is 16.7. The first-order chi connectivity index (χ1) is 15.1. The second-order valence-corrected chi connectivity index (χ2v) is 8.20. The minimum absolute atomic E-state index is 0.103. The number of carbonyl (C=O) groups is 2. The average molecular weight is 441 g/mol. The van der Waals surface area contributed by atoms with E-state index in [1.165, 1.54) is 40.5 Å². The third-order valence-electron chi connectivity index (χ3n) is 4.88. The summed E-state index contributed by atoms with van der Waals surface area (Å²) in [6, 6.07) is 15.3. The van der Waals surface area contributed by atoms with Crippen LogP contribution in [0.2, 0.25) is 0 Å². The lowest BCUT2D eigenvalue weighted by Crippen LogP contribution is -2.28. The van der Waals surface area contributed by atoms with Gasteiger partial charge in [-0.2, -0.15) is 0 Å². The van der Waals surface area contributed by atoms with E-state index in [1.807, 2.05) is 30.3 Å². The largest absolute Gasteiger partial charge is 0.494 e. The Kier molecular flexibility index (Phi) is 6.51. The van der Waals surface area contributed by atoms with Crippen molar-refractivity contribution in [2.75, 3.05) is 23.4 Å². The van der Waals surface area contributed by atoms with E-state index in [9.17, 15) is 14.0 Å². The van der Waals surface area contributed by atoms with Crippen molar-refractivity contribution in [1.29, 1.82) is 0 Å². The highest BCUT2D eigenvalue weighted by Crippen LogP contribution is 2.27. The molecule has 1 aromatic heterocycles. The Bertz CT molecular complexity index is 1040. The normalized spacial score (nSPS) is 15.8. The second-order valence-electron chi connectivity index (χ2n) is 7.14. The third-order valence-corrected chi connectivity index (χ3v) is 5.78. The Hall–Kier alpha value is -3.33. The standard InChI is InChI=1S/C22H21FN4O3S/c23-16-8-10-17(11-9-16)27-14-15(13-20(27)28)21(29)24-22-26-25-19(31-22)7-4-12-30-18-5-2-1-3-6-18/h1-3,5-6,8-11,15H,4,7,12-14H2,(H,24,26,29). The lowest BCUT2D eigenvalue weighted by atomic mass is 10.1. The molecule has 1 aliphatic heterocycles. The summed E-state index contributed by atoms with van der Waals surface area (Å²) in [5, 5.41) is 12.1. The minimum atomic E-state index is -0.496. The summed E-state index contributed by atoms with van der Waals surface area (Å²) < 4.78 is 18.8. The number of hydrogen-bond acceptors (Lipinski definition) is 6. The van der Waals surface area contributed by atoms with Crippen molar-refractivity contribution in [1.82, 2.24) is 10.2 Å². The van der Waals surface area contributed by atoms with Gasteiger partial charge in [-0.1, -0.05) is 29.5 Å². The fourth-order valence-electron chi connectivity index (χ4n) is 3.30. The number of para-hydroxylation sites is 1. The van der Waals surface area contributed by atoms with Gasteiger partial charge in [0.2, 0.25) is 16.9 Å². The molecule has 1 saturated heterocycles. The van der Waals surface area contributed by atoms with Crippen molar-refractivity contribution < 1.29 is 18.7 Å². The van der Waals surface area contributed by atoms with Crippen LogP contribution in [0.25, 0.3) is 0 Å². The fourth-order valence-corrected chi connectivity index (χ4v) is 4.08. The average Bonchev–Trinajstić information content (AvgIpc) is 3.39. The Labute approximate surface area is 182 Å². The number of benzene rings is 2. The van der Waals surface area contributed by atoms with Crippen molar-refractivity contribution in [3.8, 4) is 5.75 Å². The fraction of sp³-hybridized carbons (Fsp3) is 0.273. The molecule has 4 rings (SSSR count). The molecule has 0 radical (unpaired) electrons. The number of hydrogen-bond donors (Lipinski definition) is 1. The zero-order valence-corrected chi connectivity index (χ0v) is 17.5. The summed E-state index contributed by atoms with van der Waals surface area (Å²) in [6.45, 7) is 0.813. The molecule has 0 spiro atoms. The number of anilines is 2. The van der Waals surface area contributed by atoms with Crippen LogP contribution in [-0.2, 0) is 16.0 Å². The number of aryl methyl sites for hydroxylation is 1. The summed E-state index contributed by atoms with van der Waals surface area (Å²) in [5.74, 6) is -0.475. The van der Waals surface area contributed by atoms with E-state index in [4.69, 9.17) is 4.74 Å². The van der Waals surface area contributed by atoms with E-state index in [0.29, 0.717) is 23.8 Å². The number of nitrogens with zero attached hydrogens (tertiary/aromatic N) is 3. The number of aromatic nitrogens is 2. The molecule has 9 heteroatoms. The zero-order chi connectivity index (χ0) is 21.6. The molecule has 31 heavy (non-hydrogen) atoms. The van der Waals surface area contributed by atoms with Crippen molar-refractivity contribution in [3.05, 3.63) is 65.4 Å². The summed E-state index contributed by atoms with van der Waals surface area (Å²) in [6.07, 6.45) is 1.58.